The average Bonchev–Trinajstić information content (AvgIpc) is 2.56. The Morgan fingerprint density at radius 3 is 1.67 bits per heavy atom. The second kappa shape index (κ2) is 9.65. The van der Waals surface area contributed by atoms with Gasteiger partial charge >= 0.3 is 6.16 Å². The van der Waals surface area contributed by atoms with Gasteiger partial charge in [-0.3, -0.25) is 0 Å². The summed E-state index contributed by atoms with van der Waals surface area (Å²) in [5, 5.41) is 0. The highest BCUT2D eigenvalue weighted by Gasteiger charge is 2.04. The Balaban J connectivity index is 1.53. The molecule has 0 atom stereocenters. The second-order valence-corrected chi connectivity index (χ2v) is 5.41. The van der Waals surface area contributed by atoms with Gasteiger partial charge in [0, 0.05) is 0 Å². The maximum Gasteiger partial charge on any atom is 0.508 e. The number of carbonyl (C=O) groups is 1. The van der Waals surface area contributed by atoms with E-state index in [2.05, 4.69) is 0 Å². The lowest BCUT2D eigenvalue weighted by atomic mass is 10.1. The molecule has 2 aromatic carbocycles. The number of ether oxygens (including phenoxy) is 2. The summed E-state index contributed by atoms with van der Waals surface area (Å²) in [6, 6.07) is 12.7. The molecule has 0 saturated carbocycles. The molecular weight excluding hydrogens is 314 g/mol. The summed E-state index contributed by atoms with van der Waals surface area (Å²) in [6.07, 6.45) is 1.74. The van der Waals surface area contributed by atoms with Crippen molar-refractivity contribution in [2.24, 2.45) is 0 Å². The standard InChI is InChI=1S/C19H20F2O3/c20-17-9-1-5-15(13-17)7-3-11-23-19(22)24-12-4-8-16-6-2-10-18(21)14-16/h1-2,5-6,9-10,13-14H,3-4,7-8,11-12H2. The smallest absolute Gasteiger partial charge is 0.434 e. The van der Waals surface area contributed by atoms with E-state index in [1.807, 2.05) is 12.1 Å². The maximum atomic E-state index is 13.0. The van der Waals surface area contributed by atoms with E-state index in [4.69, 9.17) is 9.47 Å². The Bertz CT molecular complexity index is 603. The molecule has 0 N–H and O–H groups in total. The zero-order valence-electron chi connectivity index (χ0n) is 13.3. The molecule has 0 aromatic heterocycles. The van der Waals surface area contributed by atoms with Crippen LogP contribution in [0.1, 0.15) is 24.0 Å². The summed E-state index contributed by atoms with van der Waals surface area (Å²) in [7, 11) is 0. The van der Waals surface area contributed by atoms with Gasteiger partial charge in [-0.05, 0) is 61.1 Å². The summed E-state index contributed by atoms with van der Waals surface area (Å²) >= 11 is 0. The summed E-state index contributed by atoms with van der Waals surface area (Å²) in [6.45, 7) is 0.443. The highest BCUT2D eigenvalue weighted by Crippen LogP contribution is 2.07. The molecule has 5 heteroatoms. The Morgan fingerprint density at radius 1 is 0.792 bits per heavy atom. The largest absolute Gasteiger partial charge is 0.508 e. The van der Waals surface area contributed by atoms with Gasteiger partial charge in [0.2, 0.25) is 0 Å². The van der Waals surface area contributed by atoms with Crippen molar-refractivity contribution in [1.29, 1.82) is 0 Å². The minimum Gasteiger partial charge on any atom is -0.434 e. The van der Waals surface area contributed by atoms with E-state index in [-0.39, 0.29) is 24.8 Å². The minimum atomic E-state index is -0.714. The monoisotopic (exact) mass is 334 g/mol. The molecule has 0 aliphatic carbocycles. The Kier molecular flexibility index (Phi) is 7.21. The lowest BCUT2D eigenvalue weighted by Crippen LogP contribution is -2.10. The van der Waals surface area contributed by atoms with Crippen LogP contribution in [0.4, 0.5) is 13.6 Å². The highest BCUT2D eigenvalue weighted by atomic mass is 19.1. The molecule has 0 aliphatic rings. The molecule has 2 aromatic rings. The van der Waals surface area contributed by atoms with Crippen molar-refractivity contribution in [2.45, 2.75) is 25.7 Å². The van der Waals surface area contributed by atoms with Crippen molar-refractivity contribution >= 4 is 6.16 Å². The van der Waals surface area contributed by atoms with E-state index >= 15 is 0 Å². The van der Waals surface area contributed by atoms with Crippen LogP contribution in [0.15, 0.2) is 48.5 Å². The van der Waals surface area contributed by atoms with Crippen LogP contribution >= 0.6 is 0 Å². The van der Waals surface area contributed by atoms with E-state index < -0.39 is 6.16 Å². The molecule has 0 amide bonds. The zero-order valence-corrected chi connectivity index (χ0v) is 13.3. The van der Waals surface area contributed by atoms with Gasteiger partial charge in [0.25, 0.3) is 0 Å². The minimum absolute atomic E-state index is 0.221. The van der Waals surface area contributed by atoms with Crippen LogP contribution in [0.5, 0.6) is 0 Å². The molecule has 0 radical (unpaired) electrons. The van der Waals surface area contributed by atoms with Crippen LogP contribution in [-0.2, 0) is 22.3 Å². The third-order valence-corrected chi connectivity index (χ3v) is 3.44. The summed E-state index contributed by atoms with van der Waals surface area (Å²) in [5.74, 6) is -0.544. The maximum absolute atomic E-state index is 13.0. The predicted octanol–water partition coefficient (Wildman–Crippen LogP) is 4.68. The average molecular weight is 334 g/mol. The van der Waals surface area contributed by atoms with Crippen molar-refractivity contribution in [3.63, 3.8) is 0 Å². The van der Waals surface area contributed by atoms with E-state index in [0.29, 0.717) is 25.7 Å². The number of aryl methyl sites for hydroxylation is 2. The molecular formula is C19H20F2O3. The highest BCUT2D eigenvalue weighted by molar-refractivity contribution is 5.59. The fourth-order valence-corrected chi connectivity index (χ4v) is 2.29. The Hall–Kier alpha value is -2.43. The number of hydrogen-bond donors (Lipinski definition) is 0. The lowest BCUT2D eigenvalue weighted by Gasteiger charge is -2.07. The molecule has 3 nitrogen and oxygen atoms in total. The quantitative estimate of drug-likeness (QED) is 0.519. The number of benzene rings is 2. The summed E-state index contributed by atoms with van der Waals surface area (Å²) in [5.41, 5.74) is 1.73. The third-order valence-electron chi connectivity index (χ3n) is 3.44. The molecule has 24 heavy (non-hydrogen) atoms. The molecule has 0 heterocycles. The van der Waals surface area contributed by atoms with Crippen LogP contribution in [0.2, 0.25) is 0 Å². The molecule has 2 rings (SSSR count). The Labute approximate surface area is 140 Å². The van der Waals surface area contributed by atoms with E-state index in [1.165, 1.54) is 24.3 Å². The summed E-state index contributed by atoms with van der Waals surface area (Å²) in [4.78, 5) is 11.4. The van der Waals surface area contributed by atoms with Crippen LogP contribution in [-0.4, -0.2) is 19.4 Å². The SMILES string of the molecule is O=C(OCCCc1cccc(F)c1)OCCCc1cccc(F)c1. The molecule has 0 bridgehead atoms. The third kappa shape index (κ3) is 6.77. The molecule has 0 unspecified atom stereocenters. The normalized spacial score (nSPS) is 10.4. The Morgan fingerprint density at radius 2 is 1.25 bits per heavy atom. The molecule has 0 fully saturated rings. The fourth-order valence-electron chi connectivity index (χ4n) is 2.29. The van der Waals surface area contributed by atoms with Gasteiger partial charge in [0.1, 0.15) is 11.6 Å². The summed E-state index contributed by atoms with van der Waals surface area (Å²) < 4.78 is 35.9. The zero-order chi connectivity index (χ0) is 17.2. The van der Waals surface area contributed by atoms with Gasteiger partial charge in [-0.15, -0.1) is 0 Å². The number of hydrogen-bond acceptors (Lipinski definition) is 3. The first-order valence-electron chi connectivity index (χ1n) is 7.92. The first kappa shape index (κ1) is 17.9. The van der Waals surface area contributed by atoms with Gasteiger partial charge in [0.05, 0.1) is 13.2 Å². The lowest BCUT2D eigenvalue weighted by molar-refractivity contribution is 0.0539. The van der Waals surface area contributed by atoms with Gasteiger partial charge in [-0.2, -0.15) is 0 Å². The van der Waals surface area contributed by atoms with Crippen molar-refractivity contribution < 1.29 is 23.0 Å². The molecule has 0 aliphatic heterocycles. The number of carbonyl (C=O) groups excluding carboxylic acids is 1. The topological polar surface area (TPSA) is 35.5 Å². The number of rotatable bonds is 8. The predicted molar refractivity (Wildman–Crippen MR) is 86.7 cm³/mol. The van der Waals surface area contributed by atoms with Crippen molar-refractivity contribution in [1.82, 2.24) is 0 Å². The van der Waals surface area contributed by atoms with Gasteiger partial charge < -0.3 is 9.47 Å². The fraction of sp³-hybridized carbons (Fsp3) is 0.316. The van der Waals surface area contributed by atoms with Gasteiger partial charge in [0.15, 0.2) is 0 Å². The van der Waals surface area contributed by atoms with Crippen molar-refractivity contribution in [2.75, 3.05) is 13.2 Å². The number of halogens is 2. The van der Waals surface area contributed by atoms with Crippen LogP contribution in [0, 0.1) is 11.6 Å². The van der Waals surface area contributed by atoms with Gasteiger partial charge in [-0.25, -0.2) is 13.6 Å². The second-order valence-electron chi connectivity index (χ2n) is 5.41. The van der Waals surface area contributed by atoms with E-state index in [1.54, 1.807) is 12.1 Å². The van der Waals surface area contributed by atoms with E-state index in [0.717, 1.165) is 11.1 Å². The first-order chi connectivity index (χ1) is 11.6. The molecule has 128 valence electrons. The van der Waals surface area contributed by atoms with Crippen LogP contribution < -0.4 is 0 Å². The van der Waals surface area contributed by atoms with Crippen molar-refractivity contribution in [3.8, 4) is 0 Å². The van der Waals surface area contributed by atoms with Crippen LogP contribution in [0.25, 0.3) is 0 Å². The van der Waals surface area contributed by atoms with E-state index in [9.17, 15) is 13.6 Å². The van der Waals surface area contributed by atoms with Gasteiger partial charge in [-0.1, -0.05) is 24.3 Å². The molecule has 0 spiro atoms. The van der Waals surface area contributed by atoms with Crippen molar-refractivity contribution in [3.05, 3.63) is 71.3 Å². The first-order valence-corrected chi connectivity index (χ1v) is 7.92. The van der Waals surface area contributed by atoms with Crippen LogP contribution in [0.3, 0.4) is 0 Å². The molecule has 0 saturated heterocycles.